The maximum absolute atomic E-state index is 8.96. The molecule has 0 bridgehead atoms. The minimum atomic E-state index is 0.497. The SMILES string of the molecule is COc1cnc(-c2ccccc2)cc1C#N. The van der Waals surface area contributed by atoms with Crippen LogP contribution in [0.3, 0.4) is 0 Å². The van der Waals surface area contributed by atoms with Crippen molar-refractivity contribution in [3.63, 3.8) is 0 Å². The van der Waals surface area contributed by atoms with E-state index in [2.05, 4.69) is 11.1 Å². The second kappa shape index (κ2) is 4.45. The summed E-state index contributed by atoms with van der Waals surface area (Å²) in [7, 11) is 1.53. The van der Waals surface area contributed by atoms with E-state index >= 15 is 0 Å². The molecule has 0 saturated heterocycles. The smallest absolute Gasteiger partial charge is 0.154 e. The molecule has 1 aromatic heterocycles. The molecule has 0 N–H and O–H groups in total. The maximum Gasteiger partial charge on any atom is 0.154 e. The lowest BCUT2D eigenvalue weighted by molar-refractivity contribution is 0.411. The normalized spacial score (nSPS) is 9.50. The number of hydrogen-bond acceptors (Lipinski definition) is 3. The number of nitriles is 1. The Morgan fingerprint density at radius 2 is 2.00 bits per heavy atom. The number of rotatable bonds is 2. The molecule has 0 spiro atoms. The summed E-state index contributed by atoms with van der Waals surface area (Å²) in [5, 5.41) is 8.96. The highest BCUT2D eigenvalue weighted by atomic mass is 16.5. The topological polar surface area (TPSA) is 45.9 Å². The molecule has 0 aliphatic carbocycles. The van der Waals surface area contributed by atoms with Crippen molar-refractivity contribution in [1.82, 2.24) is 4.98 Å². The molecule has 2 rings (SSSR count). The fourth-order valence-electron chi connectivity index (χ4n) is 1.46. The first-order valence-electron chi connectivity index (χ1n) is 4.84. The van der Waals surface area contributed by atoms with E-state index in [4.69, 9.17) is 10.00 Å². The lowest BCUT2D eigenvalue weighted by Gasteiger charge is -2.04. The highest BCUT2D eigenvalue weighted by Gasteiger charge is 2.05. The molecule has 0 radical (unpaired) electrons. The Balaban J connectivity index is 2.49. The van der Waals surface area contributed by atoms with Crippen LogP contribution in [0.4, 0.5) is 0 Å². The van der Waals surface area contributed by atoms with E-state index in [9.17, 15) is 0 Å². The second-order valence-corrected chi connectivity index (χ2v) is 3.25. The van der Waals surface area contributed by atoms with Gasteiger partial charge in [-0.05, 0) is 6.07 Å². The summed E-state index contributed by atoms with van der Waals surface area (Å²) in [6.07, 6.45) is 1.57. The number of nitrogens with zero attached hydrogens (tertiary/aromatic N) is 2. The molecule has 78 valence electrons. The highest BCUT2D eigenvalue weighted by Crippen LogP contribution is 2.22. The Labute approximate surface area is 93.9 Å². The fraction of sp³-hybridized carbons (Fsp3) is 0.0769. The Hall–Kier alpha value is -2.34. The van der Waals surface area contributed by atoms with Gasteiger partial charge in [-0.3, -0.25) is 4.98 Å². The first-order chi connectivity index (χ1) is 7.85. The average molecular weight is 210 g/mol. The van der Waals surface area contributed by atoms with Gasteiger partial charge in [-0.2, -0.15) is 5.26 Å². The summed E-state index contributed by atoms with van der Waals surface area (Å²) >= 11 is 0. The molecule has 0 saturated carbocycles. The van der Waals surface area contributed by atoms with Crippen molar-refractivity contribution in [2.45, 2.75) is 0 Å². The molecular weight excluding hydrogens is 200 g/mol. The van der Waals surface area contributed by atoms with E-state index in [0.29, 0.717) is 11.3 Å². The molecule has 16 heavy (non-hydrogen) atoms. The summed E-state index contributed by atoms with van der Waals surface area (Å²) in [5.41, 5.74) is 2.26. The van der Waals surface area contributed by atoms with E-state index in [1.54, 1.807) is 12.3 Å². The van der Waals surface area contributed by atoms with E-state index in [1.165, 1.54) is 7.11 Å². The molecule has 1 aromatic carbocycles. The number of aromatic nitrogens is 1. The zero-order chi connectivity index (χ0) is 11.4. The molecule has 3 nitrogen and oxygen atoms in total. The van der Waals surface area contributed by atoms with Crippen molar-refractivity contribution in [1.29, 1.82) is 5.26 Å². The Bertz CT molecular complexity index is 529. The average Bonchev–Trinajstić information content (AvgIpc) is 2.39. The summed E-state index contributed by atoms with van der Waals surface area (Å²) in [6, 6.07) is 13.5. The quantitative estimate of drug-likeness (QED) is 0.765. The van der Waals surface area contributed by atoms with Crippen LogP contribution in [0.25, 0.3) is 11.3 Å². The maximum atomic E-state index is 8.96. The van der Waals surface area contributed by atoms with Crippen molar-refractivity contribution in [2.75, 3.05) is 7.11 Å². The van der Waals surface area contributed by atoms with E-state index in [-0.39, 0.29) is 0 Å². The number of methoxy groups -OCH3 is 1. The van der Waals surface area contributed by atoms with Crippen LogP contribution in [0.1, 0.15) is 5.56 Å². The molecule has 3 heteroatoms. The van der Waals surface area contributed by atoms with Crippen LogP contribution < -0.4 is 4.74 Å². The largest absolute Gasteiger partial charge is 0.494 e. The van der Waals surface area contributed by atoms with E-state index < -0.39 is 0 Å². The standard InChI is InChI=1S/C13H10N2O/c1-16-13-9-15-12(7-11(13)8-14)10-5-3-2-4-6-10/h2-7,9H,1H3. The summed E-state index contributed by atoms with van der Waals surface area (Å²) in [6.45, 7) is 0. The molecule has 0 unspecified atom stereocenters. The van der Waals surface area contributed by atoms with Crippen molar-refractivity contribution >= 4 is 0 Å². The van der Waals surface area contributed by atoms with Crippen LogP contribution in [0.15, 0.2) is 42.6 Å². The van der Waals surface area contributed by atoms with Gasteiger partial charge in [0.05, 0.1) is 24.6 Å². The van der Waals surface area contributed by atoms with Gasteiger partial charge in [0.2, 0.25) is 0 Å². The number of benzene rings is 1. The summed E-state index contributed by atoms with van der Waals surface area (Å²) < 4.78 is 5.04. The van der Waals surface area contributed by atoms with Gasteiger partial charge in [-0.25, -0.2) is 0 Å². The molecule has 0 atom stereocenters. The van der Waals surface area contributed by atoms with Gasteiger partial charge < -0.3 is 4.74 Å². The zero-order valence-corrected chi connectivity index (χ0v) is 8.84. The Morgan fingerprint density at radius 3 is 2.62 bits per heavy atom. The van der Waals surface area contributed by atoms with Crippen molar-refractivity contribution in [3.05, 3.63) is 48.2 Å². The molecule has 0 amide bonds. The molecule has 0 aliphatic heterocycles. The van der Waals surface area contributed by atoms with Gasteiger partial charge in [-0.1, -0.05) is 30.3 Å². The van der Waals surface area contributed by atoms with Crippen molar-refractivity contribution in [3.8, 4) is 23.1 Å². The minimum Gasteiger partial charge on any atom is -0.494 e. The molecule has 0 aliphatic rings. The number of pyridine rings is 1. The van der Waals surface area contributed by atoms with Crippen LogP contribution in [0.5, 0.6) is 5.75 Å². The van der Waals surface area contributed by atoms with Gasteiger partial charge in [0, 0.05) is 5.56 Å². The summed E-state index contributed by atoms with van der Waals surface area (Å²) in [4.78, 5) is 4.25. The molecule has 2 aromatic rings. The van der Waals surface area contributed by atoms with Gasteiger partial charge >= 0.3 is 0 Å². The van der Waals surface area contributed by atoms with Crippen LogP contribution in [-0.4, -0.2) is 12.1 Å². The van der Waals surface area contributed by atoms with Crippen LogP contribution >= 0.6 is 0 Å². The summed E-state index contributed by atoms with van der Waals surface area (Å²) in [5.74, 6) is 0.502. The van der Waals surface area contributed by atoms with E-state index in [0.717, 1.165) is 11.3 Å². The zero-order valence-electron chi connectivity index (χ0n) is 8.84. The van der Waals surface area contributed by atoms with Crippen LogP contribution in [0.2, 0.25) is 0 Å². The van der Waals surface area contributed by atoms with Gasteiger partial charge in [0.25, 0.3) is 0 Å². The lowest BCUT2D eigenvalue weighted by Crippen LogP contribution is -1.91. The van der Waals surface area contributed by atoms with Crippen LogP contribution in [-0.2, 0) is 0 Å². The minimum absolute atomic E-state index is 0.497. The van der Waals surface area contributed by atoms with Crippen LogP contribution in [0, 0.1) is 11.3 Å². The Kier molecular flexibility index (Phi) is 2.84. The highest BCUT2D eigenvalue weighted by molar-refractivity contribution is 5.62. The Morgan fingerprint density at radius 1 is 1.25 bits per heavy atom. The predicted molar refractivity (Wildman–Crippen MR) is 60.9 cm³/mol. The number of hydrogen-bond donors (Lipinski definition) is 0. The molecule has 0 fully saturated rings. The molecule has 1 heterocycles. The van der Waals surface area contributed by atoms with E-state index in [1.807, 2.05) is 30.3 Å². The first-order valence-corrected chi connectivity index (χ1v) is 4.84. The monoisotopic (exact) mass is 210 g/mol. The third-order valence-electron chi connectivity index (χ3n) is 2.28. The van der Waals surface area contributed by atoms with Gasteiger partial charge in [-0.15, -0.1) is 0 Å². The first kappa shape index (κ1) is 10.2. The van der Waals surface area contributed by atoms with Crippen molar-refractivity contribution in [2.24, 2.45) is 0 Å². The molecular formula is C13H10N2O. The second-order valence-electron chi connectivity index (χ2n) is 3.25. The predicted octanol–water partition coefficient (Wildman–Crippen LogP) is 2.63. The lowest BCUT2D eigenvalue weighted by atomic mass is 10.1. The van der Waals surface area contributed by atoms with Crippen molar-refractivity contribution < 1.29 is 4.74 Å². The van der Waals surface area contributed by atoms with Gasteiger partial charge in [0.1, 0.15) is 6.07 Å². The third-order valence-corrected chi connectivity index (χ3v) is 2.28. The number of ether oxygens (including phenoxy) is 1. The van der Waals surface area contributed by atoms with Gasteiger partial charge in [0.15, 0.2) is 5.75 Å². The third kappa shape index (κ3) is 1.86. The fourth-order valence-corrected chi connectivity index (χ4v) is 1.46.